The number of anilines is 1. The fourth-order valence-corrected chi connectivity index (χ4v) is 4.71. The Balaban J connectivity index is 1.47. The van der Waals surface area contributed by atoms with Gasteiger partial charge in [-0.2, -0.15) is 5.10 Å². The van der Waals surface area contributed by atoms with Gasteiger partial charge in [-0.3, -0.25) is 9.59 Å². The second-order valence-corrected chi connectivity index (χ2v) is 8.92. The number of amides is 1. The third kappa shape index (κ3) is 4.35. The van der Waals surface area contributed by atoms with Crippen LogP contribution in [-0.4, -0.2) is 65.0 Å². The van der Waals surface area contributed by atoms with Gasteiger partial charge in [0, 0.05) is 38.2 Å². The van der Waals surface area contributed by atoms with Crippen LogP contribution in [0, 0.1) is 0 Å². The lowest BCUT2D eigenvalue weighted by atomic mass is 10.1. The van der Waals surface area contributed by atoms with Gasteiger partial charge >= 0.3 is 0 Å². The fraction of sp³-hybridized carbons (Fsp3) is 0.600. The highest BCUT2D eigenvalue weighted by atomic mass is 32.1. The van der Waals surface area contributed by atoms with Gasteiger partial charge in [0.05, 0.1) is 42.3 Å². The molecule has 0 aliphatic carbocycles. The van der Waals surface area contributed by atoms with Crippen molar-refractivity contribution in [2.45, 2.75) is 38.6 Å². The van der Waals surface area contributed by atoms with Gasteiger partial charge in [0.2, 0.25) is 0 Å². The predicted octanol–water partition coefficient (Wildman–Crippen LogP) is 2.14. The summed E-state index contributed by atoms with van der Waals surface area (Å²) in [7, 11) is 0. The molecule has 4 heterocycles. The zero-order valence-corrected chi connectivity index (χ0v) is 17.7. The Morgan fingerprint density at radius 1 is 1.24 bits per heavy atom. The number of hydrogen-bond donors (Lipinski definition) is 0. The molecule has 0 bridgehead atoms. The van der Waals surface area contributed by atoms with Gasteiger partial charge in [-0.1, -0.05) is 13.8 Å². The number of thiazole rings is 1. The summed E-state index contributed by atoms with van der Waals surface area (Å²) in [4.78, 5) is 34.6. The summed E-state index contributed by atoms with van der Waals surface area (Å²) < 4.78 is 6.91. The second kappa shape index (κ2) is 8.62. The molecule has 8 nitrogen and oxygen atoms in total. The summed E-state index contributed by atoms with van der Waals surface area (Å²) >= 11 is 1.46. The fourth-order valence-electron chi connectivity index (χ4n) is 3.82. The van der Waals surface area contributed by atoms with E-state index >= 15 is 0 Å². The molecule has 2 saturated heterocycles. The molecule has 1 amide bonds. The SMILES string of the molecule is CC(C)c1ncc(C(=O)N2CCC[C@H](n3ncc(N4CCOCC4)cc3=O)C2)s1. The Hall–Kier alpha value is -2.26. The van der Waals surface area contributed by atoms with Crippen LogP contribution in [0.5, 0.6) is 0 Å². The van der Waals surface area contributed by atoms with E-state index < -0.39 is 0 Å². The Morgan fingerprint density at radius 2 is 2.03 bits per heavy atom. The Kier molecular flexibility index (Phi) is 5.96. The largest absolute Gasteiger partial charge is 0.378 e. The first-order valence-corrected chi connectivity index (χ1v) is 11.0. The van der Waals surface area contributed by atoms with Crippen molar-refractivity contribution in [2.24, 2.45) is 0 Å². The number of morpholine rings is 1. The van der Waals surface area contributed by atoms with Gasteiger partial charge < -0.3 is 14.5 Å². The van der Waals surface area contributed by atoms with E-state index in [1.807, 2.05) is 4.90 Å². The van der Waals surface area contributed by atoms with Crippen molar-refractivity contribution >= 4 is 22.9 Å². The summed E-state index contributed by atoms with van der Waals surface area (Å²) in [5, 5.41) is 5.42. The molecular weight excluding hydrogens is 390 g/mol. The van der Waals surface area contributed by atoms with Gasteiger partial charge in [-0.25, -0.2) is 9.67 Å². The molecule has 2 aromatic rings. The molecular formula is C20H27N5O3S. The smallest absolute Gasteiger partial charge is 0.269 e. The van der Waals surface area contributed by atoms with Crippen LogP contribution < -0.4 is 10.5 Å². The lowest BCUT2D eigenvalue weighted by molar-refractivity contribution is 0.0674. The maximum atomic E-state index is 12.9. The first kappa shape index (κ1) is 20.0. The molecule has 0 unspecified atom stereocenters. The summed E-state index contributed by atoms with van der Waals surface area (Å²) in [6, 6.07) is 1.55. The number of nitrogens with zero attached hydrogens (tertiary/aromatic N) is 5. The Bertz CT molecular complexity index is 919. The van der Waals surface area contributed by atoms with Crippen molar-refractivity contribution in [2.75, 3.05) is 44.3 Å². The monoisotopic (exact) mass is 417 g/mol. The Labute approximate surface area is 174 Å². The standard InChI is InChI=1S/C20H27N5O3S/c1-14(2)19-21-12-17(29-19)20(27)24-5-3-4-15(13-24)25-18(26)10-16(11-22-25)23-6-8-28-9-7-23/h10-12,14-15H,3-9,13H2,1-2H3/t15-/m0/s1. The van der Waals surface area contributed by atoms with Crippen molar-refractivity contribution in [3.05, 3.63) is 38.7 Å². The molecule has 0 spiro atoms. The molecule has 2 aliphatic heterocycles. The van der Waals surface area contributed by atoms with Crippen LogP contribution in [0.25, 0.3) is 0 Å². The number of likely N-dealkylation sites (tertiary alicyclic amines) is 1. The van der Waals surface area contributed by atoms with E-state index in [1.54, 1.807) is 18.5 Å². The van der Waals surface area contributed by atoms with Crippen LogP contribution in [0.15, 0.2) is 23.3 Å². The average Bonchev–Trinajstić information content (AvgIpc) is 3.24. The van der Waals surface area contributed by atoms with E-state index in [9.17, 15) is 9.59 Å². The molecule has 9 heteroatoms. The molecule has 29 heavy (non-hydrogen) atoms. The topological polar surface area (TPSA) is 80.6 Å². The molecule has 2 aromatic heterocycles. The third-order valence-corrected chi connectivity index (χ3v) is 6.73. The normalized spacial score (nSPS) is 20.3. The van der Waals surface area contributed by atoms with Crippen LogP contribution in [0.3, 0.4) is 0 Å². The van der Waals surface area contributed by atoms with Gasteiger partial charge in [0.25, 0.3) is 11.5 Å². The quantitative estimate of drug-likeness (QED) is 0.758. The molecule has 156 valence electrons. The maximum Gasteiger partial charge on any atom is 0.269 e. The minimum Gasteiger partial charge on any atom is -0.378 e. The van der Waals surface area contributed by atoms with E-state index in [4.69, 9.17) is 4.74 Å². The van der Waals surface area contributed by atoms with Crippen molar-refractivity contribution in [1.82, 2.24) is 19.7 Å². The zero-order valence-electron chi connectivity index (χ0n) is 16.9. The first-order chi connectivity index (χ1) is 14.0. The number of rotatable bonds is 4. The van der Waals surface area contributed by atoms with Gasteiger partial charge in [-0.05, 0) is 12.8 Å². The van der Waals surface area contributed by atoms with E-state index in [0.29, 0.717) is 37.1 Å². The number of carbonyl (C=O) groups excluding carboxylic acids is 1. The van der Waals surface area contributed by atoms with E-state index in [-0.39, 0.29) is 17.5 Å². The first-order valence-electron chi connectivity index (χ1n) is 10.2. The minimum atomic E-state index is -0.117. The van der Waals surface area contributed by atoms with Crippen LogP contribution in [0.2, 0.25) is 0 Å². The van der Waals surface area contributed by atoms with E-state index in [2.05, 4.69) is 28.8 Å². The summed E-state index contributed by atoms with van der Waals surface area (Å²) in [5.74, 6) is 0.306. The van der Waals surface area contributed by atoms with E-state index in [1.165, 1.54) is 16.0 Å². The van der Waals surface area contributed by atoms with Crippen LogP contribution in [-0.2, 0) is 4.74 Å². The number of piperidine rings is 1. The van der Waals surface area contributed by atoms with Gasteiger partial charge in [0.15, 0.2) is 0 Å². The number of hydrogen-bond acceptors (Lipinski definition) is 7. The lowest BCUT2D eigenvalue weighted by Crippen LogP contribution is -2.43. The number of carbonyl (C=O) groups is 1. The molecule has 2 aliphatic rings. The summed E-state index contributed by atoms with van der Waals surface area (Å²) in [6.07, 6.45) is 5.12. The predicted molar refractivity (Wildman–Crippen MR) is 112 cm³/mol. The molecule has 0 N–H and O–H groups in total. The zero-order chi connectivity index (χ0) is 20.4. The maximum absolute atomic E-state index is 12.9. The molecule has 1 atom stereocenters. The highest BCUT2D eigenvalue weighted by molar-refractivity contribution is 7.13. The second-order valence-electron chi connectivity index (χ2n) is 7.86. The van der Waals surface area contributed by atoms with Crippen molar-refractivity contribution in [3.63, 3.8) is 0 Å². The molecule has 0 saturated carbocycles. The summed E-state index contributed by atoms with van der Waals surface area (Å²) in [6.45, 7) is 8.21. The molecule has 4 rings (SSSR count). The minimum absolute atomic E-state index is 0.00270. The van der Waals surface area contributed by atoms with E-state index in [0.717, 1.165) is 36.6 Å². The molecule has 2 fully saturated rings. The van der Waals surface area contributed by atoms with Crippen molar-refractivity contribution in [1.29, 1.82) is 0 Å². The Morgan fingerprint density at radius 3 is 2.72 bits per heavy atom. The number of aromatic nitrogens is 3. The van der Waals surface area contributed by atoms with Crippen LogP contribution >= 0.6 is 11.3 Å². The highest BCUT2D eigenvalue weighted by Crippen LogP contribution is 2.26. The average molecular weight is 418 g/mol. The number of ether oxygens (including phenoxy) is 1. The van der Waals surface area contributed by atoms with Crippen LogP contribution in [0.1, 0.15) is 53.3 Å². The van der Waals surface area contributed by atoms with Crippen molar-refractivity contribution < 1.29 is 9.53 Å². The third-order valence-electron chi connectivity index (χ3n) is 5.45. The highest BCUT2D eigenvalue weighted by Gasteiger charge is 2.28. The molecule has 0 radical (unpaired) electrons. The summed E-state index contributed by atoms with van der Waals surface area (Å²) in [5.41, 5.74) is 0.720. The lowest BCUT2D eigenvalue weighted by Gasteiger charge is -2.33. The van der Waals surface area contributed by atoms with Gasteiger partial charge in [0.1, 0.15) is 4.88 Å². The van der Waals surface area contributed by atoms with Gasteiger partial charge in [-0.15, -0.1) is 11.3 Å². The van der Waals surface area contributed by atoms with Crippen molar-refractivity contribution in [3.8, 4) is 0 Å². The van der Waals surface area contributed by atoms with Crippen LogP contribution in [0.4, 0.5) is 5.69 Å². The molecule has 0 aromatic carbocycles.